The van der Waals surface area contributed by atoms with Crippen LogP contribution in [0.3, 0.4) is 0 Å². The summed E-state index contributed by atoms with van der Waals surface area (Å²) in [5.74, 6) is -0.831. The van der Waals surface area contributed by atoms with Crippen LogP contribution in [0.15, 0.2) is 66.0 Å². The Kier molecular flexibility index (Phi) is 6.29. The fourth-order valence-corrected chi connectivity index (χ4v) is 4.84. The van der Waals surface area contributed by atoms with Crippen molar-refractivity contribution in [2.75, 3.05) is 59.4 Å². The number of benzene rings is 2. The highest BCUT2D eigenvalue weighted by Crippen LogP contribution is 2.34. The molecule has 0 saturated carbocycles. The van der Waals surface area contributed by atoms with Crippen LogP contribution in [0.4, 0.5) is 22.7 Å². The van der Waals surface area contributed by atoms with Gasteiger partial charge in [0.15, 0.2) is 0 Å². The van der Waals surface area contributed by atoms with Crippen molar-refractivity contribution in [3.63, 3.8) is 0 Å². The number of amides is 3. The van der Waals surface area contributed by atoms with E-state index in [1.807, 2.05) is 35.7 Å². The van der Waals surface area contributed by atoms with Crippen LogP contribution in [-0.4, -0.2) is 57.1 Å². The molecule has 3 heterocycles. The Morgan fingerprint density at radius 2 is 1.68 bits per heavy atom. The van der Waals surface area contributed by atoms with Crippen LogP contribution >= 0.6 is 11.3 Å². The number of carbonyl (C=O) groups excluding carboxylic acids is 3. The fraction of sp³-hybridized carbons (Fsp3) is 0.240. The Hall–Kier alpha value is -3.69. The zero-order chi connectivity index (χ0) is 23.5. The zero-order valence-corrected chi connectivity index (χ0v) is 19.3. The van der Waals surface area contributed by atoms with Crippen molar-refractivity contribution in [3.8, 4) is 0 Å². The second kappa shape index (κ2) is 9.66. The molecular weight excluding hydrogens is 452 g/mol. The number of hydrogen-bond donors (Lipinski definition) is 1. The summed E-state index contributed by atoms with van der Waals surface area (Å²) >= 11 is 1.33. The number of thiophene rings is 1. The van der Waals surface area contributed by atoms with Gasteiger partial charge in [-0.15, -0.1) is 11.3 Å². The Balaban J connectivity index is 1.29. The van der Waals surface area contributed by atoms with Crippen LogP contribution < -0.4 is 20.0 Å². The van der Waals surface area contributed by atoms with E-state index in [-0.39, 0.29) is 30.8 Å². The highest BCUT2D eigenvalue weighted by Gasteiger charge is 2.34. The van der Waals surface area contributed by atoms with Gasteiger partial charge < -0.3 is 15.0 Å². The smallest absolute Gasteiger partial charge is 0.268 e. The van der Waals surface area contributed by atoms with E-state index in [2.05, 4.69) is 10.2 Å². The molecule has 1 fully saturated rings. The van der Waals surface area contributed by atoms with Gasteiger partial charge in [-0.05, 0) is 47.8 Å². The molecule has 0 bridgehead atoms. The minimum absolute atomic E-state index is 0.116. The summed E-state index contributed by atoms with van der Waals surface area (Å²) in [6.45, 7) is 2.85. The normalized spacial score (nSPS) is 15.8. The summed E-state index contributed by atoms with van der Waals surface area (Å²) in [4.78, 5) is 44.5. The third kappa shape index (κ3) is 4.52. The van der Waals surface area contributed by atoms with Crippen molar-refractivity contribution in [1.29, 1.82) is 0 Å². The quantitative estimate of drug-likeness (QED) is 0.612. The summed E-state index contributed by atoms with van der Waals surface area (Å²) < 4.78 is 5.39. The highest BCUT2D eigenvalue weighted by molar-refractivity contribution is 7.12. The van der Waals surface area contributed by atoms with Gasteiger partial charge >= 0.3 is 0 Å². The van der Waals surface area contributed by atoms with E-state index < -0.39 is 0 Å². The van der Waals surface area contributed by atoms with Crippen molar-refractivity contribution >= 4 is 51.8 Å². The average molecular weight is 477 g/mol. The van der Waals surface area contributed by atoms with Crippen LogP contribution in [0.5, 0.6) is 0 Å². The SMILES string of the molecule is O=C(CN1C(=O)CN(C(=O)c2cccs2)c2ccccc21)Nc1ccc(N2CCOCC2)cc1. The van der Waals surface area contributed by atoms with Gasteiger partial charge in [0.05, 0.1) is 29.5 Å². The predicted molar refractivity (Wildman–Crippen MR) is 133 cm³/mol. The molecule has 0 spiro atoms. The maximum Gasteiger partial charge on any atom is 0.268 e. The number of morpholine rings is 1. The molecule has 0 aliphatic carbocycles. The van der Waals surface area contributed by atoms with Gasteiger partial charge in [0.2, 0.25) is 11.8 Å². The molecule has 3 amide bonds. The first kappa shape index (κ1) is 22.1. The van der Waals surface area contributed by atoms with E-state index in [0.717, 1.165) is 18.8 Å². The molecule has 0 unspecified atom stereocenters. The summed E-state index contributed by atoms with van der Waals surface area (Å²) in [5.41, 5.74) is 2.90. The van der Waals surface area contributed by atoms with Crippen LogP contribution in [0.2, 0.25) is 0 Å². The first-order valence-corrected chi connectivity index (χ1v) is 12.0. The number of anilines is 4. The van der Waals surface area contributed by atoms with Gasteiger partial charge in [0.1, 0.15) is 13.1 Å². The molecular formula is C25H24N4O4S. The minimum atomic E-state index is -0.305. The Labute approximate surface area is 201 Å². The molecule has 3 aromatic rings. The van der Waals surface area contributed by atoms with Crippen molar-refractivity contribution in [1.82, 2.24) is 0 Å². The highest BCUT2D eigenvalue weighted by atomic mass is 32.1. The van der Waals surface area contributed by atoms with Gasteiger partial charge in [0, 0.05) is 24.5 Å². The lowest BCUT2D eigenvalue weighted by atomic mass is 10.1. The number of hydrogen-bond acceptors (Lipinski definition) is 6. The van der Waals surface area contributed by atoms with Crippen molar-refractivity contribution in [3.05, 3.63) is 70.9 Å². The van der Waals surface area contributed by atoms with E-state index in [1.165, 1.54) is 21.1 Å². The molecule has 0 atom stereocenters. The number of para-hydroxylation sites is 2. The average Bonchev–Trinajstić information content (AvgIpc) is 3.41. The second-order valence-electron chi connectivity index (χ2n) is 8.03. The fourth-order valence-electron chi connectivity index (χ4n) is 4.17. The van der Waals surface area contributed by atoms with Crippen molar-refractivity contribution < 1.29 is 19.1 Å². The lowest BCUT2D eigenvalue weighted by Gasteiger charge is -2.35. The first-order valence-electron chi connectivity index (χ1n) is 11.1. The summed E-state index contributed by atoms with van der Waals surface area (Å²) in [7, 11) is 0. The molecule has 1 aromatic heterocycles. The zero-order valence-electron chi connectivity index (χ0n) is 18.5. The molecule has 5 rings (SSSR count). The first-order chi connectivity index (χ1) is 16.6. The third-order valence-electron chi connectivity index (χ3n) is 5.86. The van der Waals surface area contributed by atoms with Crippen LogP contribution in [-0.2, 0) is 14.3 Å². The molecule has 34 heavy (non-hydrogen) atoms. The van der Waals surface area contributed by atoms with Crippen LogP contribution in [0, 0.1) is 0 Å². The number of nitrogens with one attached hydrogen (secondary N) is 1. The summed E-state index contributed by atoms with van der Waals surface area (Å²) in [5, 5.41) is 4.70. The number of nitrogens with zero attached hydrogens (tertiary/aromatic N) is 3. The largest absolute Gasteiger partial charge is 0.378 e. The van der Waals surface area contributed by atoms with Gasteiger partial charge in [0.25, 0.3) is 5.91 Å². The van der Waals surface area contributed by atoms with Crippen LogP contribution in [0.1, 0.15) is 9.67 Å². The molecule has 9 heteroatoms. The van der Waals surface area contributed by atoms with Gasteiger partial charge in [-0.1, -0.05) is 18.2 Å². The minimum Gasteiger partial charge on any atom is -0.378 e. The van der Waals surface area contributed by atoms with Gasteiger partial charge in [-0.2, -0.15) is 0 Å². The summed E-state index contributed by atoms with van der Waals surface area (Å²) in [6.07, 6.45) is 0. The molecule has 174 valence electrons. The number of fused-ring (bicyclic) bond motifs is 1. The van der Waals surface area contributed by atoms with Crippen molar-refractivity contribution in [2.45, 2.75) is 0 Å². The molecule has 2 aliphatic heterocycles. The maximum absolute atomic E-state index is 13.0. The topological polar surface area (TPSA) is 82.2 Å². The van der Waals surface area contributed by atoms with Gasteiger partial charge in [-0.3, -0.25) is 24.2 Å². The third-order valence-corrected chi connectivity index (χ3v) is 6.72. The Morgan fingerprint density at radius 1 is 0.941 bits per heavy atom. The van der Waals surface area contributed by atoms with E-state index in [0.29, 0.717) is 35.2 Å². The lowest BCUT2D eigenvalue weighted by molar-refractivity contribution is -0.120. The molecule has 8 nitrogen and oxygen atoms in total. The molecule has 2 aromatic carbocycles. The monoisotopic (exact) mass is 476 g/mol. The van der Waals surface area contributed by atoms with Crippen molar-refractivity contribution in [2.24, 2.45) is 0 Å². The molecule has 0 radical (unpaired) electrons. The maximum atomic E-state index is 13.0. The predicted octanol–water partition coefficient (Wildman–Crippen LogP) is 3.22. The Morgan fingerprint density at radius 3 is 2.38 bits per heavy atom. The van der Waals surface area contributed by atoms with Gasteiger partial charge in [-0.25, -0.2) is 0 Å². The van der Waals surface area contributed by atoms with E-state index >= 15 is 0 Å². The molecule has 1 saturated heterocycles. The summed E-state index contributed by atoms with van der Waals surface area (Å²) in [6, 6.07) is 18.4. The number of rotatable bonds is 5. The number of ether oxygens (including phenoxy) is 1. The molecule has 1 N–H and O–H groups in total. The standard InChI is InChI=1S/C25H24N4O4S/c30-23(26-18-7-9-19(10-8-18)27-11-13-33-14-12-27)16-28-20-4-1-2-5-21(20)29(17-24(28)31)25(32)22-6-3-15-34-22/h1-10,15H,11-14,16-17H2,(H,26,30). The van der Waals surface area contributed by atoms with E-state index in [1.54, 1.807) is 30.3 Å². The number of carbonyl (C=O) groups is 3. The van der Waals surface area contributed by atoms with E-state index in [9.17, 15) is 14.4 Å². The Bertz CT molecular complexity index is 1190. The van der Waals surface area contributed by atoms with Crippen LogP contribution in [0.25, 0.3) is 0 Å². The molecule has 2 aliphatic rings. The second-order valence-corrected chi connectivity index (χ2v) is 8.98. The lowest BCUT2D eigenvalue weighted by Crippen LogP contribution is -2.50. The van der Waals surface area contributed by atoms with E-state index in [4.69, 9.17) is 4.74 Å².